The van der Waals surface area contributed by atoms with Crippen LogP contribution in [0, 0.1) is 0 Å². The lowest BCUT2D eigenvalue weighted by Crippen LogP contribution is -2.24. The molecule has 0 spiro atoms. The summed E-state index contributed by atoms with van der Waals surface area (Å²) in [7, 11) is -1.75. The number of nitrogens with zero attached hydrogens (tertiary/aromatic N) is 3. The molecule has 2 aromatic heterocycles. The second-order valence-electron chi connectivity index (χ2n) is 7.32. The van der Waals surface area contributed by atoms with Gasteiger partial charge in [0.15, 0.2) is 27.3 Å². The minimum atomic E-state index is -3.33. The molecule has 0 saturated heterocycles. The van der Waals surface area contributed by atoms with Crippen LogP contribution in [-0.2, 0) is 37.4 Å². The number of rotatable bonds is 10. The maximum Gasteiger partial charge on any atom is 0.280 e. The van der Waals surface area contributed by atoms with Gasteiger partial charge in [-0.1, -0.05) is 34.7 Å². The second-order valence-corrected chi connectivity index (χ2v) is 10.7. The Bertz CT molecular complexity index is 1240. The minimum Gasteiger partial charge on any atom is -0.389 e. The Balaban J connectivity index is 1.55. The maximum atomic E-state index is 13.0. The Labute approximate surface area is 195 Å². The number of benzene rings is 1. The van der Waals surface area contributed by atoms with Crippen molar-refractivity contribution in [3.05, 3.63) is 71.0 Å². The molecule has 1 N–H and O–H groups in total. The number of nitrogens with one attached hydrogen (secondary N) is 1. The van der Waals surface area contributed by atoms with Crippen molar-refractivity contribution in [3.8, 4) is 0 Å². The molecule has 11 heteroatoms. The monoisotopic (exact) mass is 486 g/mol. The van der Waals surface area contributed by atoms with Crippen LogP contribution in [0.1, 0.15) is 29.0 Å². The van der Waals surface area contributed by atoms with Crippen LogP contribution in [0.15, 0.2) is 64.9 Å². The largest absolute Gasteiger partial charge is 0.389 e. The van der Waals surface area contributed by atoms with Gasteiger partial charge in [0, 0.05) is 25.1 Å². The zero-order valence-electron chi connectivity index (χ0n) is 17.8. The summed E-state index contributed by atoms with van der Waals surface area (Å²) in [6.07, 6.45) is 4.61. The lowest BCUT2D eigenvalue weighted by Gasteiger charge is -2.08. The highest BCUT2D eigenvalue weighted by molar-refractivity contribution is 7.92. The number of ether oxygens (including phenoxy) is 1. The number of aromatic nitrogens is 2. The first-order valence-electron chi connectivity index (χ1n) is 10.2. The highest BCUT2D eigenvalue weighted by Gasteiger charge is 2.36. The molecule has 1 fully saturated rings. The van der Waals surface area contributed by atoms with Gasteiger partial charge in [0.05, 0.1) is 27.3 Å². The molecule has 0 radical (unpaired) electrons. The molecule has 0 aliphatic heterocycles. The third-order valence-corrected chi connectivity index (χ3v) is 7.95. The topological polar surface area (TPSA) is 120 Å². The summed E-state index contributed by atoms with van der Waals surface area (Å²) in [6, 6.07) is 11.5. The van der Waals surface area contributed by atoms with Crippen LogP contribution >= 0.6 is 11.3 Å². The summed E-state index contributed by atoms with van der Waals surface area (Å²) in [5.74, 6) is -0.535. The van der Waals surface area contributed by atoms with E-state index in [1.807, 2.05) is 6.07 Å². The number of pyridine rings is 1. The average Bonchev–Trinajstić information content (AvgIpc) is 3.60. The SMILES string of the molecule is COCc1cnc(NC(=O)/C(=N/OCc2ccccn2)c2ccc(S(=O)(=O)C3CC3)cc2)s1. The third kappa shape index (κ3) is 5.81. The number of carbonyl (C=O) groups excluding carboxylic acids is 1. The maximum absolute atomic E-state index is 13.0. The fraction of sp³-hybridized carbons (Fsp3) is 0.273. The van der Waals surface area contributed by atoms with Crippen LogP contribution in [0.4, 0.5) is 5.13 Å². The highest BCUT2D eigenvalue weighted by Crippen LogP contribution is 2.33. The van der Waals surface area contributed by atoms with E-state index in [0.717, 1.165) is 4.88 Å². The lowest BCUT2D eigenvalue weighted by molar-refractivity contribution is -0.110. The molecule has 9 nitrogen and oxygen atoms in total. The van der Waals surface area contributed by atoms with E-state index in [-0.39, 0.29) is 22.5 Å². The lowest BCUT2D eigenvalue weighted by atomic mass is 10.1. The molecule has 4 rings (SSSR count). The van der Waals surface area contributed by atoms with E-state index < -0.39 is 15.7 Å². The first-order valence-corrected chi connectivity index (χ1v) is 12.5. The second kappa shape index (κ2) is 10.2. The predicted molar refractivity (Wildman–Crippen MR) is 124 cm³/mol. The molecule has 1 aromatic carbocycles. The number of oxime groups is 1. The van der Waals surface area contributed by atoms with Gasteiger partial charge in [0.2, 0.25) is 0 Å². The van der Waals surface area contributed by atoms with E-state index in [1.165, 1.54) is 23.5 Å². The molecule has 172 valence electrons. The van der Waals surface area contributed by atoms with Gasteiger partial charge in [-0.3, -0.25) is 15.1 Å². The van der Waals surface area contributed by atoms with Crippen molar-refractivity contribution in [2.45, 2.75) is 36.2 Å². The van der Waals surface area contributed by atoms with Crippen molar-refractivity contribution in [2.24, 2.45) is 5.16 Å². The molecule has 1 amide bonds. The van der Waals surface area contributed by atoms with Crippen molar-refractivity contribution < 1.29 is 22.8 Å². The molecular formula is C22H22N4O5S2. The average molecular weight is 487 g/mol. The first-order chi connectivity index (χ1) is 16.0. The smallest absolute Gasteiger partial charge is 0.280 e. The van der Waals surface area contributed by atoms with Gasteiger partial charge in [-0.2, -0.15) is 0 Å². The number of sulfone groups is 1. The van der Waals surface area contributed by atoms with Crippen molar-refractivity contribution in [1.82, 2.24) is 9.97 Å². The van der Waals surface area contributed by atoms with Crippen molar-refractivity contribution in [1.29, 1.82) is 0 Å². The molecule has 0 atom stereocenters. The summed E-state index contributed by atoms with van der Waals surface area (Å²) in [5.41, 5.74) is 1.05. The Morgan fingerprint density at radius 2 is 1.94 bits per heavy atom. The fourth-order valence-electron chi connectivity index (χ4n) is 2.98. The van der Waals surface area contributed by atoms with E-state index in [1.54, 1.807) is 43.8 Å². The standard InChI is InChI=1S/C22H22N4O5S2/c1-30-14-17-12-24-22(32-17)25-21(27)20(26-31-13-16-4-2-3-11-23-16)15-5-7-18(8-6-15)33(28,29)19-9-10-19/h2-8,11-12,19H,9-10,13-14H2,1H3,(H,24,25,27)/b26-20+. The summed E-state index contributed by atoms with van der Waals surface area (Å²) < 4.78 is 30.0. The Morgan fingerprint density at radius 1 is 1.15 bits per heavy atom. The Hall–Kier alpha value is -3.15. The zero-order valence-corrected chi connectivity index (χ0v) is 19.4. The van der Waals surface area contributed by atoms with Crippen LogP contribution in [-0.4, -0.2) is 42.4 Å². The van der Waals surface area contributed by atoms with Crippen LogP contribution < -0.4 is 5.32 Å². The number of anilines is 1. The van der Waals surface area contributed by atoms with E-state index in [0.29, 0.717) is 35.8 Å². The van der Waals surface area contributed by atoms with Gasteiger partial charge >= 0.3 is 0 Å². The van der Waals surface area contributed by atoms with Gasteiger partial charge < -0.3 is 9.57 Å². The Kier molecular flexibility index (Phi) is 7.11. The predicted octanol–water partition coefficient (Wildman–Crippen LogP) is 3.18. The summed E-state index contributed by atoms with van der Waals surface area (Å²) in [6.45, 7) is 0.458. The highest BCUT2D eigenvalue weighted by atomic mass is 32.2. The molecular weight excluding hydrogens is 464 g/mol. The van der Waals surface area contributed by atoms with Crippen LogP contribution in [0.2, 0.25) is 0 Å². The number of hydrogen-bond donors (Lipinski definition) is 1. The summed E-state index contributed by atoms with van der Waals surface area (Å²) >= 11 is 1.28. The number of amides is 1. The van der Waals surface area contributed by atoms with Crippen molar-refractivity contribution in [2.75, 3.05) is 12.4 Å². The van der Waals surface area contributed by atoms with Crippen LogP contribution in [0.3, 0.4) is 0 Å². The van der Waals surface area contributed by atoms with Gasteiger partial charge in [0.1, 0.15) is 0 Å². The molecule has 3 aromatic rings. The van der Waals surface area contributed by atoms with Gasteiger partial charge in [-0.25, -0.2) is 13.4 Å². The van der Waals surface area contributed by atoms with Gasteiger partial charge in [-0.15, -0.1) is 0 Å². The van der Waals surface area contributed by atoms with Crippen LogP contribution in [0.25, 0.3) is 0 Å². The first kappa shape index (κ1) is 23.0. The van der Waals surface area contributed by atoms with Crippen molar-refractivity contribution in [3.63, 3.8) is 0 Å². The molecule has 0 bridgehead atoms. The quantitative estimate of drug-likeness (QED) is 0.345. The molecule has 1 saturated carbocycles. The summed E-state index contributed by atoms with van der Waals surface area (Å²) in [5, 5.41) is 6.82. The fourth-order valence-corrected chi connectivity index (χ4v) is 5.41. The molecule has 1 aliphatic rings. The van der Waals surface area contributed by atoms with E-state index in [2.05, 4.69) is 20.4 Å². The van der Waals surface area contributed by atoms with Gasteiger partial charge in [-0.05, 0) is 37.1 Å². The molecule has 2 heterocycles. The van der Waals surface area contributed by atoms with Crippen LogP contribution in [0.5, 0.6) is 0 Å². The van der Waals surface area contributed by atoms with Gasteiger partial charge in [0.25, 0.3) is 5.91 Å². The molecule has 33 heavy (non-hydrogen) atoms. The van der Waals surface area contributed by atoms with E-state index in [9.17, 15) is 13.2 Å². The molecule has 1 aliphatic carbocycles. The van der Waals surface area contributed by atoms with E-state index in [4.69, 9.17) is 9.57 Å². The molecule has 0 unspecified atom stereocenters. The van der Waals surface area contributed by atoms with E-state index >= 15 is 0 Å². The number of thiazole rings is 1. The third-order valence-electron chi connectivity index (χ3n) is 4.79. The number of hydrogen-bond acceptors (Lipinski definition) is 9. The Morgan fingerprint density at radius 3 is 2.61 bits per heavy atom. The normalized spacial score (nSPS) is 14.2. The number of methoxy groups -OCH3 is 1. The zero-order chi connectivity index (χ0) is 23.3. The number of carbonyl (C=O) groups is 1. The van der Waals surface area contributed by atoms with Crippen molar-refractivity contribution >= 4 is 37.9 Å². The summed E-state index contributed by atoms with van der Waals surface area (Å²) in [4.78, 5) is 27.8. The minimum absolute atomic E-state index is 0.00945.